The van der Waals surface area contributed by atoms with Crippen LogP contribution in [0.15, 0.2) is 12.7 Å². The number of carbonyl (C=O) groups is 1. The molecule has 0 aromatic rings. The molecule has 0 bridgehead atoms. The van der Waals surface area contributed by atoms with Crippen molar-refractivity contribution >= 4 is 21.3 Å². The van der Waals surface area contributed by atoms with E-state index in [9.17, 15) is 13.9 Å². The first-order valence-corrected chi connectivity index (χ1v) is 11.3. The van der Waals surface area contributed by atoms with E-state index in [4.69, 9.17) is 19.6 Å². The fraction of sp³-hybridized carbons (Fsp3) is 0.786. The highest BCUT2D eigenvalue weighted by Gasteiger charge is 2.35. The molecule has 148 valence electrons. The SMILES string of the molecule is C=CC(=O)N(C)CCCCCCCCCC(OP(=O)(O)O)P(=O)(O)O. The zero-order chi connectivity index (χ0) is 19.5. The Bertz CT molecular complexity index is 501. The van der Waals surface area contributed by atoms with E-state index >= 15 is 0 Å². The highest BCUT2D eigenvalue weighted by atomic mass is 31.2. The fourth-order valence-corrected chi connectivity index (χ4v) is 4.06. The Labute approximate surface area is 148 Å². The van der Waals surface area contributed by atoms with E-state index in [1.165, 1.54) is 6.08 Å². The van der Waals surface area contributed by atoms with E-state index in [-0.39, 0.29) is 12.3 Å². The van der Waals surface area contributed by atoms with Gasteiger partial charge in [0.1, 0.15) is 0 Å². The lowest BCUT2D eigenvalue weighted by Crippen LogP contribution is -2.25. The average Bonchev–Trinajstić information content (AvgIpc) is 2.48. The summed E-state index contributed by atoms with van der Waals surface area (Å²) in [5.41, 5.74) is 0. The van der Waals surface area contributed by atoms with E-state index in [0.717, 1.165) is 32.1 Å². The van der Waals surface area contributed by atoms with Gasteiger partial charge >= 0.3 is 15.4 Å². The summed E-state index contributed by atoms with van der Waals surface area (Å²) in [4.78, 5) is 48.3. The van der Waals surface area contributed by atoms with Gasteiger partial charge in [0.25, 0.3) is 0 Å². The maximum Gasteiger partial charge on any atom is 0.470 e. The number of likely N-dealkylation sites (N-methyl/N-ethyl adjacent to an activating group) is 1. The molecule has 1 atom stereocenters. The van der Waals surface area contributed by atoms with Crippen LogP contribution in [0.4, 0.5) is 0 Å². The first-order valence-electron chi connectivity index (χ1n) is 8.14. The van der Waals surface area contributed by atoms with Gasteiger partial charge < -0.3 is 24.5 Å². The predicted octanol–water partition coefficient (Wildman–Crippen LogP) is 2.36. The first-order chi connectivity index (χ1) is 11.5. The molecule has 0 aromatic carbocycles. The van der Waals surface area contributed by atoms with Crippen LogP contribution in [-0.2, 0) is 18.4 Å². The Kier molecular flexibility index (Phi) is 11.7. The minimum atomic E-state index is -4.94. The second kappa shape index (κ2) is 12.0. The minimum absolute atomic E-state index is 0.0999. The van der Waals surface area contributed by atoms with E-state index < -0.39 is 21.3 Å². The molecule has 0 heterocycles. The molecule has 11 heteroatoms. The molecular formula is C14H29NO8P2. The lowest BCUT2D eigenvalue weighted by molar-refractivity contribution is -0.124. The lowest BCUT2D eigenvalue weighted by Gasteiger charge is -2.19. The summed E-state index contributed by atoms with van der Waals surface area (Å²) < 4.78 is 26.1. The van der Waals surface area contributed by atoms with Gasteiger partial charge in [-0.05, 0) is 18.9 Å². The molecular weight excluding hydrogens is 372 g/mol. The fourth-order valence-electron chi connectivity index (χ4n) is 2.26. The van der Waals surface area contributed by atoms with Crippen LogP contribution in [0.25, 0.3) is 0 Å². The smallest absolute Gasteiger partial charge is 0.342 e. The molecule has 1 amide bonds. The van der Waals surface area contributed by atoms with Gasteiger partial charge in [0.15, 0.2) is 5.85 Å². The van der Waals surface area contributed by atoms with Crippen molar-refractivity contribution < 1.29 is 38.0 Å². The predicted molar refractivity (Wildman–Crippen MR) is 93.7 cm³/mol. The molecule has 0 aliphatic rings. The zero-order valence-corrected chi connectivity index (χ0v) is 16.3. The van der Waals surface area contributed by atoms with Crippen LogP contribution >= 0.6 is 15.4 Å². The number of phosphoric ester groups is 1. The summed E-state index contributed by atoms with van der Waals surface area (Å²) in [5.74, 6) is -1.87. The van der Waals surface area contributed by atoms with Gasteiger partial charge in [-0.1, -0.05) is 45.1 Å². The second-order valence-electron chi connectivity index (χ2n) is 5.87. The van der Waals surface area contributed by atoms with Crippen LogP contribution in [0.5, 0.6) is 0 Å². The summed E-state index contributed by atoms with van der Waals surface area (Å²) in [6.07, 6.45) is 6.92. The number of rotatable bonds is 14. The summed E-state index contributed by atoms with van der Waals surface area (Å²) in [6, 6.07) is 0. The molecule has 25 heavy (non-hydrogen) atoms. The van der Waals surface area contributed by atoms with Gasteiger partial charge in [-0.3, -0.25) is 13.9 Å². The monoisotopic (exact) mass is 401 g/mol. The maximum absolute atomic E-state index is 11.3. The van der Waals surface area contributed by atoms with Crippen LogP contribution in [0.3, 0.4) is 0 Å². The van der Waals surface area contributed by atoms with Gasteiger partial charge in [0.2, 0.25) is 5.91 Å². The highest BCUT2D eigenvalue weighted by molar-refractivity contribution is 7.53. The Morgan fingerprint density at radius 2 is 1.52 bits per heavy atom. The third kappa shape index (κ3) is 13.3. The number of carbonyl (C=O) groups excluding carboxylic acids is 1. The zero-order valence-electron chi connectivity index (χ0n) is 14.5. The molecule has 0 aliphatic carbocycles. The largest absolute Gasteiger partial charge is 0.470 e. The molecule has 1 unspecified atom stereocenters. The Balaban J connectivity index is 3.80. The Morgan fingerprint density at radius 1 is 1.04 bits per heavy atom. The summed E-state index contributed by atoms with van der Waals surface area (Å²) >= 11 is 0. The summed E-state index contributed by atoms with van der Waals surface area (Å²) in [7, 11) is -7.93. The van der Waals surface area contributed by atoms with Crippen molar-refractivity contribution in [2.75, 3.05) is 13.6 Å². The molecule has 0 aromatic heterocycles. The van der Waals surface area contributed by atoms with Crippen molar-refractivity contribution in [3.63, 3.8) is 0 Å². The normalized spacial score (nSPS) is 13.5. The van der Waals surface area contributed by atoms with E-state index in [1.807, 2.05) is 0 Å². The number of unbranched alkanes of at least 4 members (excludes halogenated alkanes) is 6. The third-order valence-electron chi connectivity index (χ3n) is 3.63. The number of hydrogen-bond acceptors (Lipinski definition) is 4. The molecule has 0 saturated heterocycles. The van der Waals surface area contributed by atoms with E-state index in [2.05, 4.69) is 11.1 Å². The molecule has 0 rings (SSSR count). The third-order valence-corrected chi connectivity index (χ3v) is 5.44. The van der Waals surface area contributed by atoms with Crippen molar-refractivity contribution in [2.45, 2.75) is 57.2 Å². The lowest BCUT2D eigenvalue weighted by atomic mass is 10.1. The van der Waals surface area contributed by atoms with Gasteiger partial charge in [0, 0.05) is 13.6 Å². The number of amides is 1. The van der Waals surface area contributed by atoms with Crippen LogP contribution < -0.4 is 0 Å². The quantitative estimate of drug-likeness (QED) is 0.197. The van der Waals surface area contributed by atoms with Crippen molar-refractivity contribution in [2.24, 2.45) is 0 Å². The van der Waals surface area contributed by atoms with Gasteiger partial charge in [0.05, 0.1) is 0 Å². The molecule has 0 spiro atoms. The number of hydrogen-bond donors (Lipinski definition) is 4. The maximum atomic E-state index is 11.3. The standard InChI is InChI=1S/C14H29NO8P2/c1-3-13(16)15(2)12-10-8-6-4-5-7-9-11-14(24(17,18)19)23-25(20,21)22/h3,14H,1,4-12H2,2H3,(H2,17,18,19)(H2,20,21,22). The van der Waals surface area contributed by atoms with Gasteiger partial charge in [-0.25, -0.2) is 4.57 Å². The number of phosphoric acid groups is 1. The van der Waals surface area contributed by atoms with Crippen molar-refractivity contribution in [3.8, 4) is 0 Å². The Hall–Kier alpha value is -0.530. The van der Waals surface area contributed by atoms with E-state index in [0.29, 0.717) is 19.4 Å². The van der Waals surface area contributed by atoms with E-state index in [1.54, 1.807) is 11.9 Å². The topological polar surface area (TPSA) is 145 Å². The summed E-state index contributed by atoms with van der Waals surface area (Å²) in [6.45, 7) is 4.10. The molecule has 4 N–H and O–H groups in total. The molecule has 0 radical (unpaired) electrons. The van der Waals surface area contributed by atoms with Crippen LogP contribution in [0, 0.1) is 0 Å². The number of nitrogens with zero attached hydrogens (tertiary/aromatic N) is 1. The summed E-state index contributed by atoms with van der Waals surface area (Å²) in [5, 5.41) is 0. The van der Waals surface area contributed by atoms with Crippen LogP contribution in [0.1, 0.15) is 51.4 Å². The van der Waals surface area contributed by atoms with Crippen molar-refractivity contribution in [3.05, 3.63) is 12.7 Å². The van der Waals surface area contributed by atoms with Crippen molar-refractivity contribution in [1.29, 1.82) is 0 Å². The molecule has 0 aliphatic heterocycles. The highest BCUT2D eigenvalue weighted by Crippen LogP contribution is 2.52. The molecule has 0 saturated carbocycles. The van der Waals surface area contributed by atoms with Gasteiger partial charge in [-0.2, -0.15) is 0 Å². The van der Waals surface area contributed by atoms with Crippen molar-refractivity contribution in [1.82, 2.24) is 4.90 Å². The average molecular weight is 401 g/mol. The molecule has 0 fully saturated rings. The minimum Gasteiger partial charge on any atom is -0.342 e. The Morgan fingerprint density at radius 3 is 1.96 bits per heavy atom. The van der Waals surface area contributed by atoms with Crippen LogP contribution in [0.2, 0.25) is 0 Å². The van der Waals surface area contributed by atoms with Gasteiger partial charge in [-0.15, -0.1) is 0 Å². The first kappa shape index (κ1) is 24.5. The molecule has 9 nitrogen and oxygen atoms in total. The van der Waals surface area contributed by atoms with Crippen LogP contribution in [-0.4, -0.2) is 49.8 Å². The second-order valence-corrected chi connectivity index (χ2v) is 8.81.